The smallest absolute Gasteiger partial charge is 0.328 e. The molecule has 0 N–H and O–H groups in total. The van der Waals surface area contributed by atoms with E-state index in [0.717, 1.165) is 0 Å². The van der Waals surface area contributed by atoms with Crippen LogP contribution in [-0.2, 0) is 33.6 Å². The fraction of sp³-hybridized carbons (Fsp3) is 0.562. The third-order valence-electron chi connectivity index (χ3n) is 5.18. The molecule has 0 atom stereocenters. The first-order valence-electron chi connectivity index (χ1n) is 8.28. The molecule has 4 rings (SSSR count). The summed E-state index contributed by atoms with van der Waals surface area (Å²) in [5.74, 6) is -0.612. The Bertz CT molecular complexity index is 975. The first-order chi connectivity index (χ1) is 11.8. The van der Waals surface area contributed by atoms with Crippen LogP contribution >= 0.6 is 0 Å². The Hall–Kier alpha value is -1.68. The van der Waals surface area contributed by atoms with E-state index in [9.17, 15) is 13.2 Å². The number of hydrogen-bond donors (Lipinski definition) is 0. The topological polar surface area (TPSA) is 82.8 Å². The van der Waals surface area contributed by atoms with Crippen LogP contribution in [0.2, 0.25) is 0 Å². The molecule has 2 aliphatic heterocycles. The summed E-state index contributed by atoms with van der Waals surface area (Å²) in [5.41, 5.74) is 1.13. The monoisotopic (exact) mass is 367 g/mol. The van der Waals surface area contributed by atoms with Gasteiger partial charge in [0.2, 0.25) is 10.0 Å². The van der Waals surface area contributed by atoms with Gasteiger partial charge in [0.25, 0.3) is 0 Å². The number of fused-ring (bicyclic) bond motifs is 1. The van der Waals surface area contributed by atoms with Crippen molar-refractivity contribution in [2.75, 3.05) is 26.3 Å². The second-order valence-electron chi connectivity index (χ2n) is 6.56. The molecular formula is C16H21N3O5S. The SMILES string of the molecule is Cn1c(=O)n(C)c2cc(S(=O)(=O)N3CCC4(CC3)OCCO4)ccc21. The molecule has 2 aliphatic rings. The predicted molar refractivity (Wildman–Crippen MR) is 90.8 cm³/mol. The van der Waals surface area contributed by atoms with Gasteiger partial charge in [0, 0.05) is 40.0 Å². The Balaban J connectivity index is 1.65. The second kappa shape index (κ2) is 5.66. The van der Waals surface area contributed by atoms with Crippen LogP contribution in [-0.4, -0.2) is 53.9 Å². The molecule has 0 radical (unpaired) electrons. The highest BCUT2D eigenvalue weighted by Gasteiger charge is 2.42. The van der Waals surface area contributed by atoms with Crippen LogP contribution in [0.25, 0.3) is 11.0 Å². The fourth-order valence-electron chi connectivity index (χ4n) is 3.65. The number of piperidine rings is 1. The van der Waals surface area contributed by atoms with Gasteiger partial charge in [-0.1, -0.05) is 0 Å². The number of imidazole rings is 1. The third kappa shape index (κ3) is 2.53. The molecule has 0 aliphatic carbocycles. The number of hydrogen-bond acceptors (Lipinski definition) is 5. The quantitative estimate of drug-likeness (QED) is 0.768. The number of aromatic nitrogens is 2. The van der Waals surface area contributed by atoms with Gasteiger partial charge in [-0.05, 0) is 18.2 Å². The summed E-state index contributed by atoms with van der Waals surface area (Å²) < 4.78 is 41.7. The molecular weight excluding hydrogens is 346 g/mol. The van der Waals surface area contributed by atoms with Crippen molar-refractivity contribution in [3.63, 3.8) is 0 Å². The van der Waals surface area contributed by atoms with Gasteiger partial charge in [-0.2, -0.15) is 4.31 Å². The van der Waals surface area contributed by atoms with E-state index in [1.165, 1.54) is 13.4 Å². The van der Waals surface area contributed by atoms with Crippen LogP contribution in [0, 0.1) is 0 Å². The van der Waals surface area contributed by atoms with Gasteiger partial charge >= 0.3 is 5.69 Å². The first kappa shape index (κ1) is 16.8. The maximum atomic E-state index is 13.0. The summed E-state index contributed by atoms with van der Waals surface area (Å²) in [6.45, 7) is 1.83. The van der Waals surface area contributed by atoms with E-state index in [2.05, 4.69) is 0 Å². The number of aryl methyl sites for hydroxylation is 2. The lowest BCUT2D eigenvalue weighted by Crippen LogP contribution is -2.47. The minimum absolute atomic E-state index is 0.181. The van der Waals surface area contributed by atoms with Gasteiger partial charge in [0.1, 0.15) is 0 Å². The summed E-state index contributed by atoms with van der Waals surface area (Å²) >= 11 is 0. The van der Waals surface area contributed by atoms with Gasteiger partial charge in [-0.25, -0.2) is 13.2 Å². The molecule has 9 heteroatoms. The summed E-state index contributed by atoms with van der Waals surface area (Å²) in [5, 5.41) is 0. The Morgan fingerprint density at radius 3 is 2.24 bits per heavy atom. The maximum absolute atomic E-state index is 13.0. The van der Waals surface area contributed by atoms with Gasteiger partial charge in [-0.15, -0.1) is 0 Å². The zero-order chi connectivity index (χ0) is 17.8. The molecule has 0 saturated carbocycles. The molecule has 0 unspecified atom stereocenters. The molecule has 25 heavy (non-hydrogen) atoms. The van der Waals surface area contributed by atoms with Crippen LogP contribution in [0.4, 0.5) is 0 Å². The van der Waals surface area contributed by atoms with E-state index in [4.69, 9.17) is 9.47 Å². The van der Waals surface area contributed by atoms with Crippen LogP contribution in [0.5, 0.6) is 0 Å². The van der Waals surface area contributed by atoms with E-state index in [-0.39, 0.29) is 10.6 Å². The predicted octanol–water partition coefficient (Wildman–Crippen LogP) is 0.405. The van der Waals surface area contributed by atoms with Crippen molar-refractivity contribution in [2.45, 2.75) is 23.5 Å². The Kier molecular flexibility index (Phi) is 3.80. The second-order valence-corrected chi connectivity index (χ2v) is 8.50. The molecule has 2 aromatic rings. The van der Waals surface area contributed by atoms with Crippen molar-refractivity contribution in [2.24, 2.45) is 14.1 Å². The number of benzene rings is 1. The van der Waals surface area contributed by atoms with Gasteiger partial charge in [-0.3, -0.25) is 9.13 Å². The van der Waals surface area contributed by atoms with Crippen molar-refractivity contribution >= 4 is 21.1 Å². The van der Waals surface area contributed by atoms with Crippen molar-refractivity contribution < 1.29 is 17.9 Å². The lowest BCUT2D eigenvalue weighted by molar-refractivity contribution is -0.179. The van der Waals surface area contributed by atoms with E-state index in [1.54, 1.807) is 32.3 Å². The van der Waals surface area contributed by atoms with Crippen molar-refractivity contribution in [3.05, 3.63) is 28.7 Å². The highest BCUT2D eigenvalue weighted by Crippen LogP contribution is 2.33. The lowest BCUT2D eigenvalue weighted by Gasteiger charge is -2.36. The molecule has 2 fully saturated rings. The van der Waals surface area contributed by atoms with E-state index < -0.39 is 15.8 Å². The summed E-state index contributed by atoms with van der Waals surface area (Å²) in [6, 6.07) is 4.81. The summed E-state index contributed by atoms with van der Waals surface area (Å²) in [7, 11) is -0.312. The Morgan fingerprint density at radius 2 is 1.60 bits per heavy atom. The van der Waals surface area contributed by atoms with Gasteiger partial charge < -0.3 is 9.47 Å². The number of nitrogens with zero attached hydrogens (tertiary/aromatic N) is 3. The molecule has 8 nitrogen and oxygen atoms in total. The van der Waals surface area contributed by atoms with Crippen LogP contribution in [0.15, 0.2) is 27.9 Å². The highest BCUT2D eigenvalue weighted by atomic mass is 32.2. The van der Waals surface area contributed by atoms with E-state index in [1.807, 2.05) is 0 Å². The lowest BCUT2D eigenvalue weighted by atomic mass is 10.1. The molecule has 1 spiro atoms. The zero-order valence-corrected chi connectivity index (χ0v) is 15.1. The van der Waals surface area contributed by atoms with Gasteiger partial charge in [0.15, 0.2) is 5.79 Å². The summed E-state index contributed by atoms with van der Waals surface area (Å²) in [6.07, 6.45) is 1.05. The van der Waals surface area contributed by atoms with Crippen molar-refractivity contribution in [1.29, 1.82) is 0 Å². The molecule has 2 saturated heterocycles. The number of rotatable bonds is 2. The van der Waals surface area contributed by atoms with E-state index >= 15 is 0 Å². The van der Waals surface area contributed by atoms with Crippen LogP contribution in [0.1, 0.15) is 12.8 Å². The van der Waals surface area contributed by atoms with Crippen molar-refractivity contribution in [3.8, 4) is 0 Å². The van der Waals surface area contributed by atoms with E-state index in [0.29, 0.717) is 50.2 Å². The molecule has 0 amide bonds. The zero-order valence-electron chi connectivity index (χ0n) is 14.3. The molecule has 1 aromatic carbocycles. The minimum Gasteiger partial charge on any atom is -0.347 e. The largest absolute Gasteiger partial charge is 0.347 e. The standard InChI is InChI=1S/C16H21N3O5S/c1-17-13-4-3-12(11-14(13)18(2)15(17)20)25(21,22)19-7-5-16(6-8-19)23-9-10-24-16/h3-4,11H,5-10H2,1-2H3. The molecule has 1 aromatic heterocycles. The molecule has 0 bridgehead atoms. The fourth-order valence-corrected chi connectivity index (χ4v) is 5.11. The van der Waals surface area contributed by atoms with Crippen molar-refractivity contribution in [1.82, 2.24) is 13.4 Å². The first-order valence-corrected chi connectivity index (χ1v) is 9.72. The number of sulfonamides is 1. The third-order valence-corrected chi connectivity index (χ3v) is 7.07. The molecule has 136 valence electrons. The maximum Gasteiger partial charge on any atom is 0.328 e. The molecule has 3 heterocycles. The average molecular weight is 367 g/mol. The average Bonchev–Trinajstić information content (AvgIpc) is 3.15. The Labute approximate surface area is 145 Å². The summed E-state index contributed by atoms with van der Waals surface area (Å²) in [4.78, 5) is 12.2. The van der Waals surface area contributed by atoms with Crippen LogP contribution in [0.3, 0.4) is 0 Å². The minimum atomic E-state index is -3.62. The normalized spacial score (nSPS) is 21.4. The Morgan fingerprint density at radius 1 is 1.00 bits per heavy atom. The van der Waals surface area contributed by atoms with Gasteiger partial charge in [0.05, 0.1) is 29.1 Å². The van der Waals surface area contributed by atoms with Crippen LogP contribution < -0.4 is 5.69 Å². The highest BCUT2D eigenvalue weighted by molar-refractivity contribution is 7.89. The number of ether oxygens (including phenoxy) is 2.